The smallest absolute Gasteiger partial charge is 0.416 e. The van der Waals surface area contributed by atoms with Gasteiger partial charge in [0.1, 0.15) is 5.75 Å². The van der Waals surface area contributed by atoms with E-state index < -0.39 is 42.2 Å². The van der Waals surface area contributed by atoms with Gasteiger partial charge in [0.15, 0.2) is 6.04 Å². The highest BCUT2D eigenvalue weighted by molar-refractivity contribution is 6.05. The standard InChI is InChI=1S/C13H15F3N4O4/c1-24-7-3-2-6(8(4-7)13(14,15)16)5-19-12(23)20-9(10(17)21)11(18)22/h2-4,9H,5H2,1H3,(H2,17,21)(H2,18,22)(H2,19,20,23). The first-order valence-electron chi connectivity index (χ1n) is 6.43. The summed E-state index contributed by atoms with van der Waals surface area (Å²) in [6.07, 6.45) is -4.66. The Morgan fingerprint density at radius 3 is 2.25 bits per heavy atom. The van der Waals surface area contributed by atoms with Crippen LogP contribution in [0.15, 0.2) is 18.2 Å². The lowest BCUT2D eigenvalue weighted by Crippen LogP contribution is -2.54. The van der Waals surface area contributed by atoms with Crippen molar-refractivity contribution in [3.63, 3.8) is 0 Å². The first kappa shape index (κ1) is 19.1. The van der Waals surface area contributed by atoms with Crippen LogP contribution >= 0.6 is 0 Å². The molecule has 1 rings (SSSR count). The van der Waals surface area contributed by atoms with Crippen molar-refractivity contribution in [1.29, 1.82) is 0 Å². The molecule has 132 valence electrons. The molecule has 0 aliphatic carbocycles. The summed E-state index contributed by atoms with van der Waals surface area (Å²) in [4.78, 5) is 33.4. The molecule has 0 bridgehead atoms. The van der Waals surface area contributed by atoms with Crippen LogP contribution < -0.4 is 26.8 Å². The fourth-order valence-electron chi connectivity index (χ4n) is 1.74. The van der Waals surface area contributed by atoms with E-state index in [1.54, 1.807) is 0 Å². The van der Waals surface area contributed by atoms with Crippen LogP contribution in [0.5, 0.6) is 5.75 Å². The van der Waals surface area contributed by atoms with Crippen LogP contribution in [-0.4, -0.2) is 31.0 Å². The number of nitrogens with one attached hydrogen (secondary N) is 2. The molecule has 0 aromatic heterocycles. The molecule has 11 heteroatoms. The third-order valence-electron chi connectivity index (χ3n) is 2.91. The Kier molecular flexibility index (Phi) is 5.98. The second-order valence-electron chi connectivity index (χ2n) is 4.59. The van der Waals surface area contributed by atoms with E-state index in [0.717, 1.165) is 12.1 Å². The Morgan fingerprint density at radius 1 is 1.21 bits per heavy atom. The zero-order valence-corrected chi connectivity index (χ0v) is 12.4. The first-order valence-corrected chi connectivity index (χ1v) is 6.43. The Bertz CT molecular complexity index is 635. The average Bonchev–Trinajstić information content (AvgIpc) is 2.48. The van der Waals surface area contributed by atoms with E-state index in [-0.39, 0.29) is 11.3 Å². The molecule has 0 atom stereocenters. The number of benzene rings is 1. The van der Waals surface area contributed by atoms with Crippen molar-refractivity contribution >= 4 is 17.8 Å². The van der Waals surface area contributed by atoms with Gasteiger partial charge in [0.05, 0.1) is 12.7 Å². The summed E-state index contributed by atoms with van der Waals surface area (Å²) >= 11 is 0. The summed E-state index contributed by atoms with van der Waals surface area (Å²) in [6, 6.07) is 0.343. The van der Waals surface area contributed by atoms with Crippen molar-refractivity contribution < 1.29 is 32.3 Å². The van der Waals surface area contributed by atoms with Gasteiger partial charge in [-0.25, -0.2) is 4.79 Å². The molecular weight excluding hydrogens is 333 g/mol. The van der Waals surface area contributed by atoms with Gasteiger partial charge in [-0.3, -0.25) is 9.59 Å². The fraction of sp³-hybridized carbons (Fsp3) is 0.308. The normalized spacial score (nSPS) is 11.0. The van der Waals surface area contributed by atoms with Crippen molar-refractivity contribution in [1.82, 2.24) is 10.6 Å². The number of hydrogen-bond donors (Lipinski definition) is 4. The van der Waals surface area contributed by atoms with Crippen molar-refractivity contribution in [3.8, 4) is 5.75 Å². The number of nitrogens with two attached hydrogens (primary N) is 2. The number of methoxy groups -OCH3 is 1. The predicted octanol–water partition coefficient (Wildman–Crippen LogP) is -0.148. The van der Waals surface area contributed by atoms with E-state index in [2.05, 4.69) is 5.32 Å². The minimum atomic E-state index is -4.66. The molecule has 0 saturated carbocycles. The van der Waals surface area contributed by atoms with Crippen LogP contribution in [-0.2, 0) is 22.3 Å². The van der Waals surface area contributed by atoms with Gasteiger partial charge >= 0.3 is 12.2 Å². The minimum absolute atomic E-state index is 0.00181. The van der Waals surface area contributed by atoms with E-state index >= 15 is 0 Å². The highest BCUT2D eigenvalue weighted by Gasteiger charge is 2.34. The Labute approximate surface area is 134 Å². The molecule has 0 unspecified atom stereocenters. The average molecular weight is 348 g/mol. The number of alkyl halides is 3. The van der Waals surface area contributed by atoms with Gasteiger partial charge in [0.25, 0.3) is 0 Å². The fourth-order valence-corrected chi connectivity index (χ4v) is 1.74. The Morgan fingerprint density at radius 2 is 1.79 bits per heavy atom. The number of urea groups is 1. The molecule has 0 saturated heterocycles. The van der Waals surface area contributed by atoms with E-state index in [9.17, 15) is 27.6 Å². The summed E-state index contributed by atoms with van der Waals surface area (Å²) in [6.45, 7) is -0.519. The number of carbonyl (C=O) groups is 3. The quantitative estimate of drug-likeness (QED) is 0.532. The second-order valence-corrected chi connectivity index (χ2v) is 4.59. The topological polar surface area (TPSA) is 137 Å². The van der Waals surface area contributed by atoms with Crippen molar-refractivity contribution in [2.75, 3.05) is 7.11 Å². The molecule has 6 N–H and O–H groups in total. The molecule has 8 nitrogen and oxygen atoms in total. The van der Waals surface area contributed by atoms with Gasteiger partial charge in [0, 0.05) is 6.54 Å². The predicted molar refractivity (Wildman–Crippen MR) is 75.5 cm³/mol. The Balaban J connectivity index is 2.85. The molecular formula is C13H15F3N4O4. The maximum absolute atomic E-state index is 13.0. The largest absolute Gasteiger partial charge is 0.497 e. The highest BCUT2D eigenvalue weighted by Crippen LogP contribution is 2.34. The first-order chi connectivity index (χ1) is 11.1. The number of amides is 4. The van der Waals surface area contributed by atoms with E-state index in [1.807, 2.05) is 5.32 Å². The lowest BCUT2D eigenvalue weighted by atomic mass is 10.1. The molecule has 1 aromatic carbocycles. The zero-order valence-electron chi connectivity index (χ0n) is 12.4. The highest BCUT2D eigenvalue weighted by atomic mass is 19.4. The van der Waals surface area contributed by atoms with E-state index in [4.69, 9.17) is 16.2 Å². The van der Waals surface area contributed by atoms with Crippen LogP contribution in [0, 0.1) is 0 Å². The number of primary amides is 2. The van der Waals surface area contributed by atoms with Crippen LogP contribution in [0.4, 0.5) is 18.0 Å². The lowest BCUT2D eigenvalue weighted by molar-refractivity contribution is -0.138. The molecule has 0 spiro atoms. The number of hydrogen-bond acceptors (Lipinski definition) is 4. The summed E-state index contributed by atoms with van der Waals surface area (Å²) < 4.78 is 43.7. The maximum atomic E-state index is 13.0. The number of carbonyl (C=O) groups excluding carboxylic acids is 3. The minimum Gasteiger partial charge on any atom is -0.497 e. The van der Waals surface area contributed by atoms with E-state index in [1.165, 1.54) is 13.2 Å². The molecule has 0 radical (unpaired) electrons. The third-order valence-corrected chi connectivity index (χ3v) is 2.91. The maximum Gasteiger partial charge on any atom is 0.416 e. The van der Waals surface area contributed by atoms with Crippen LogP contribution in [0.2, 0.25) is 0 Å². The van der Waals surface area contributed by atoms with Crippen molar-refractivity contribution in [2.45, 2.75) is 18.8 Å². The number of rotatable bonds is 6. The SMILES string of the molecule is COc1ccc(CNC(=O)NC(C(N)=O)C(N)=O)c(C(F)(F)F)c1. The summed E-state index contributed by atoms with van der Waals surface area (Å²) in [5.74, 6) is -2.39. The summed E-state index contributed by atoms with van der Waals surface area (Å²) in [5.41, 5.74) is 8.48. The molecule has 0 aliphatic heterocycles. The van der Waals surface area contributed by atoms with Gasteiger partial charge in [-0.15, -0.1) is 0 Å². The molecule has 0 aliphatic rings. The van der Waals surface area contributed by atoms with Crippen molar-refractivity contribution in [3.05, 3.63) is 29.3 Å². The molecule has 0 heterocycles. The summed E-state index contributed by atoms with van der Waals surface area (Å²) in [7, 11) is 1.22. The van der Waals surface area contributed by atoms with Gasteiger partial charge in [-0.2, -0.15) is 13.2 Å². The monoisotopic (exact) mass is 348 g/mol. The van der Waals surface area contributed by atoms with Crippen LogP contribution in [0.1, 0.15) is 11.1 Å². The molecule has 0 fully saturated rings. The lowest BCUT2D eigenvalue weighted by Gasteiger charge is -2.16. The van der Waals surface area contributed by atoms with Gasteiger partial charge < -0.3 is 26.8 Å². The summed E-state index contributed by atoms with van der Waals surface area (Å²) in [5, 5.41) is 3.94. The van der Waals surface area contributed by atoms with Crippen LogP contribution in [0.25, 0.3) is 0 Å². The number of ether oxygens (including phenoxy) is 1. The second kappa shape index (κ2) is 7.53. The molecule has 24 heavy (non-hydrogen) atoms. The van der Waals surface area contributed by atoms with Gasteiger partial charge in [-0.05, 0) is 17.7 Å². The van der Waals surface area contributed by atoms with Gasteiger partial charge in [-0.1, -0.05) is 6.07 Å². The van der Waals surface area contributed by atoms with Gasteiger partial charge in [0.2, 0.25) is 11.8 Å². The van der Waals surface area contributed by atoms with Crippen molar-refractivity contribution in [2.24, 2.45) is 11.5 Å². The van der Waals surface area contributed by atoms with E-state index in [0.29, 0.717) is 0 Å². The Hall–Kier alpha value is -2.98. The molecule has 1 aromatic rings. The molecule has 4 amide bonds. The van der Waals surface area contributed by atoms with Crippen LogP contribution in [0.3, 0.4) is 0 Å². The third kappa shape index (κ3) is 5.04. The number of halogens is 3. The zero-order chi connectivity index (χ0) is 18.5.